The first-order chi connectivity index (χ1) is 9.49. The Morgan fingerprint density at radius 2 is 2.20 bits per heavy atom. The quantitative estimate of drug-likeness (QED) is 0.577. The fourth-order valence-corrected chi connectivity index (χ4v) is 3.52. The molecule has 0 aromatic rings. The highest BCUT2D eigenvalue weighted by Gasteiger charge is 2.28. The first kappa shape index (κ1) is 17.8. The van der Waals surface area contributed by atoms with E-state index in [1.165, 1.54) is 4.31 Å². The maximum atomic E-state index is 12.1. The topological polar surface area (TPSA) is 82.1 Å². The molecule has 0 bridgehead atoms. The molecule has 0 aromatic heterocycles. The molecule has 1 saturated heterocycles. The van der Waals surface area contributed by atoms with Crippen LogP contribution in [0.25, 0.3) is 0 Å². The van der Waals surface area contributed by atoms with Gasteiger partial charge in [-0.3, -0.25) is 0 Å². The average Bonchev–Trinajstić information content (AvgIpc) is 2.45. The Balaban J connectivity index is 2.33. The zero-order chi connectivity index (χ0) is 15.0. The highest BCUT2D eigenvalue weighted by molar-refractivity contribution is 7.87. The summed E-state index contributed by atoms with van der Waals surface area (Å²) < 4.78 is 33.3. The van der Waals surface area contributed by atoms with Gasteiger partial charge in [0, 0.05) is 46.4 Å². The third-order valence-electron chi connectivity index (χ3n) is 3.53. The summed E-state index contributed by atoms with van der Waals surface area (Å²) in [4.78, 5) is 2.01. The summed E-state index contributed by atoms with van der Waals surface area (Å²) in [5.74, 6) is 0.0599. The zero-order valence-corrected chi connectivity index (χ0v) is 13.2. The Kier molecular flexibility index (Phi) is 7.93. The standard InChI is InChI=1S/C12H27N3O4S/c1-14(8-9-19-2)7-5-13-20(17,18)15-6-3-4-12(10-15)11-16/h12-13,16H,3-11H2,1-2H3. The molecule has 1 rings (SSSR count). The predicted molar refractivity (Wildman–Crippen MR) is 77.7 cm³/mol. The fraction of sp³-hybridized carbons (Fsp3) is 1.00. The number of aliphatic hydroxyl groups is 1. The molecule has 0 aliphatic carbocycles. The number of likely N-dealkylation sites (N-methyl/N-ethyl adjacent to an activating group) is 1. The second-order valence-corrected chi connectivity index (χ2v) is 7.00. The number of rotatable bonds is 9. The van der Waals surface area contributed by atoms with Crippen LogP contribution in [0.5, 0.6) is 0 Å². The molecule has 1 unspecified atom stereocenters. The molecule has 1 atom stereocenters. The summed E-state index contributed by atoms with van der Waals surface area (Å²) in [6.45, 7) is 3.41. The van der Waals surface area contributed by atoms with E-state index in [4.69, 9.17) is 9.84 Å². The molecule has 0 saturated carbocycles. The number of piperidine rings is 1. The minimum absolute atomic E-state index is 0.0474. The summed E-state index contributed by atoms with van der Waals surface area (Å²) in [5, 5.41) is 9.15. The lowest BCUT2D eigenvalue weighted by molar-refractivity contribution is 0.160. The van der Waals surface area contributed by atoms with Crippen molar-refractivity contribution in [3.05, 3.63) is 0 Å². The van der Waals surface area contributed by atoms with Crippen LogP contribution in [0.15, 0.2) is 0 Å². The molecule has 8 heteroatoms. The van der Waals surface area contributed by atoms with Gasteiger partial charge in [0.1, 0.15) is 0 Å². The molecule has 2 N–H and O–H groups in total. The molecule has 1 aliphatic heterocycles. The smallest absolute Gasteiger partial charge is 0.279 e. The first-order valence-corrected chi connectivity index (χ1v) is 8.46. The Morgan fingerprint density at radius 3 is 2.85 bits per heavy atom. The SMILES string of the molecule is COCCN(C)CCNS(=O)(=O)N1CCCC(CO)C1. The van der Waals surface area contributed by atoms with Gasteiger partial charge in [-0.05, 0) is 25.8 Å². The number of nitrogens with one attached hydrogen (secondary N) is 1. The number of hydrogen-bond donors (Lipinski definition) is 2. The molecule has 120 valence electrons. The summed E-state index contributed by atoms with van der Waals surface area (Å²) in [6, 6.07) is 0. The van der Waals surface area contributed by atoms with Gasteiger partial charge in [-0.2, -0.15) is 12.7 Å². The first-order valence-electron chi connectivity index (χ1n) is 7.02. The lowest BCUT2D eigenvalue weighted by atomic mass is 10.0. The van der Waals surface area contributed by atoms with E-state index >= 15 is 0 Å². The molecule has 1 fully saturated rings. The van der Waals surface area contributed by atoms with Gasteiger partial charge >= 0.3 is 0 Å². The molecule has 7 nitrogen and oxygen atoms in total. The van der Waals surface area contributed by atoms with Crippen LogP contribution in [0.3, 0.4) is 0 Å². The van der Waals surface area contributed by atoms with Crippen molar-refractivity contribution in [1.29, 1.82) is 0 Å². The van der Waals surface area contributed by atoms with Gasteiger partial charge < -0.3 is 14.7 Å². The molecule has 0 aromatic carbocycles. The van der Waals surface area contributed by atoms with Crippen molar-refractivity contribution in [3.8, 4) is 0 Å². The van der Waals surface area contributed by atoms with E-state index in [2.05, 4.69) is 4.72 Å². The van der Waals surface area contributed by atoms with Gasteiger partial charge in [0.2, 0.25) is 0 Å². The molecular formula is C12H27N3O4S. The van der Waals surface area contributed by atoms with Gasteiger partial charge in [-0.25, -0.2) is 4.72 Å². The maximum Gasteiger partial charge on any atom is 0.279 e. The lowest BCUT2D eigenvalue weighted by Gasteiger charge is -2.31. The van der Waals surface area contributed by atoms with Gasteiger partial charge in [0.15, 0.2) is 0 Å². The molecule has 20 heavy (non-hydrogen) atoms. The third kappa shape index (κ3) is 6.02. The van der Waals surface area contributed by atoms with Gasteiger partial charge in [-0.1, -0.05) is 0 Å². The van der Waals surface area contributed by atoms with E-state index in [0.29, 0.717) is 32.8 Å². The fourth-order valence-electron chi connectivity index (χ4n) is 2.21. The largest absolute Gasteiger partial charge is 0.396 e. The van der Waals surface area contributed by atoms with Crippen molar-refractivity contribution in [2.45, 2.75) is 12.8 Å². The second-order valence-electron chi connectivity index (χ2n) is 5.24. The molecule has 0 amide bonds. The number of nitrogens with zero attached hydrogens (tertiary/aromatic N) is 2. The van der Waals surface area contributed by atoms with Crippen molar-refractivity contribution in [1.82, 2.24) is 13.9 Å². The molecule has 1 aliphatic rings. The molecule has 0 radical (unpaired) electrons. The summed E-state index contributed by atoms with van der Waals surface area (Å²) in [7, 11) is 0.142. The van der Waals surface area contributed by atoms with Gasteiger partial charge in [0.25, 0.3) is 10.2 Å². The Bertz CT molecular complexity index is 364. The summed E-state index contributed by atoms with van der Waals surface area (Å²) in [5.41, 5.74) is 0. The monoisotopic (exact) mass is 309 g/mol. The van der Waals surface area contributed by atoms with Crippen LogP contribution in [0, 0.1) is 5.92 Å². The number of aliphatic hydroxyl groups excluding tert-OH is 1. The number of ether oxygens (including phenoxy) is 1. The van der Waals surface area contributed by atoms with Crippen molar-refractivity contribution in [3.63, 3.8) is 0 Å². The van der Waals surface area contributed by atoms with Crippen LogP contribution in [0.4, 0.5) is 0 Å². The predicted octanol–water partition coefficient (Wildman–Crippen LogP) is -0.897. The molecule has 1 heterocycles. The summed E-state index contributed by atoms with van der Waals surface area (Å²) in [6.07, 6.45) is 1.70. The van der Waals surface area contributed by atoms with Crippen LogP contribution in [0.2, 0.25) is 0 Å². The Hall–Kier alpha value is -0.250. The van der Waals surface area contributed by atoms with E-state index < -0.39 is 10.2 Å². The van der Waals surface area contributed by atoms with Crippen molar-refractivity contribution >= 4 is 10.2 Å². The number of methoxy groups -OCH3 is 1. The number of hydrogen-bond acceptors (Lipinski definition) is 5. The minimum Gasteiger partial charge on any atom is -0.396 e. The Morgan fingerprint density at radius 1 is 1.45 bits per heavy atom. The second kappa shape index (κ2) is 8.91. The van der Waals surface area contributed by atoms with Crippen molar-refractivity contribution in [2.75, 3.05) is 60.1 Å². The minimum atomic E-state index is -3.43. The van der Waals surface area contributed by atoms with Crippen molar-refractivity contribution < 1.29 is 18.3 Å². The zero-order valence-electron chi connectivity index (χ0n) is 12.4. The third-order valence-corrected chi connectivity index (χ3v) is 5.12. The maximum absolute atomic E-state index is 12.1. The van der Waals surface area contributed by atoms with E-state index in [1.807, 2.05) is 11.9 Å². The normalized spacial score (nSPS) is 21.5. The van der Waals surface area contributed by atoms with Crippen LogP contribution in [-0.2, 0) is 14.9 Å². The van der Waals surface area contributed by atoms with Gasteiger partial charge in [-0.15, -0.1) is 0 Å². The lowest BCUT2D eigenvalue weighted by Crippen LogP contribution is -2.48. The van der Waals surface area contributed by atoms with Crippen LogP contribution in [0.1, 0.15) is 12.8 Å². The van der Waals surface area contributed by atoms with E-state index in [-0.39, 0.29) is 12.5 Å². The van der Waals surface area contributed by atoms with Gasteiger partial charge in [0.05, 0.1) is 6.61 Å². The van der Waals surface area contributed by atoms with Crippen LogP contribution < -0.4 is 4.72 Å². The molecular weight excluding hydrogens is 282 g/mol. The van der Waals surface area contributed by atoms with Crippen LogP contribution in [-0.4, -0.2) is 82.8 Å². The van der Waals surface area contributed by atoms with Crippen LogP contribution >= 0.6 is 0 Å². The molecule has 0 spiro atoms. The Labute approximate surface area is 122 Å². The highest BCUT2D eigenvalue weighted by Crippen LogP contribution is 2.17. The van der Waals surface area contributed by atoms with E-state index in [9.17, 15) is 8.42 Å². The highest BCUT2D eigenvalue weighted by atomic mass is 32.2. The van der Waals surface area contributed by atoms with E-state index in [1.54, 1.807) is 7.11 Å². The average molecular weight is 309 g/mol. The van der Waals surface area contributed by atoms with Crippen molar-refractivity contribution in [2.24, 2.45) is 5.92 Å². The van der Waals surface area contributed by atoms with E-state index in [0.717, 1.165) is 19.4 Å². The summed E-state index contributed by atoms with van der Waals surface area (Å²) >= 11 is 0.